The molecule has 0 atom stereocenters. The maximum Gasteiger partial charge on any atom is 0.416 e. The molecule has 0 unspecified atom stereocenters. The standard InChI is InChI=1S/C20H15F3N6OS/c21-20(22,23)14-6-4-5-13(9-14)19-26-28-29(27-19)11-16-12-31-18(25-16)10-17(30)24-15-7-2-1-3-8-15/h1-9,12H,10-11H2,(H,24,30). The predicted octanol–water partition coefficient (Wildman–Crippen LogP) is 4.04. The molecule has 31 heavy (non-hydrogen) atoms. The highest BCUT2D eigenvalue weighted by Crippen LogP contribution is 2.31. The zero-order valence-electron chi connectivity index (χ0n) is 15.9. The first kappa shape index (κ1) is 20.7. The van der Waals surface area contributed by atoms with Crippen LogP contribution in [0.3, 0.4) is 0 Å². The number of nitrogens with zero attached hydrogens (tertiary/aromatic N) is 5. The van der Waals surface area contributed by atoms with Crippen molar-refractivity contribution in [2.45, 2.75) is 19.1 Å². The molecule has 0 saturated carbocycles. The van der Waals surface area contributed by atoms with Crippen molar-refractivity contribution < 1.29 is 18.0 Å². The molecule has 0 bridgehead atoms. The van der Waals surface area contributed by atoms with Crippen LogP contribution in [0.4, 0.5) is 18.9 Å². The van der Waals surface area contributed by atoms with E-state index in [2.05, 4.69) is 25.7 Å². The van der Waals surface area contributed by atoms with E-state index in [1.54, 1.807) is 17.5 Å². The van der Waals surface area contributed by atoms with Gasteiger partial charge in [0.05, 0.1) is 17.7 Å². The molecule has 2 heterocycles. The summed E-state index contributed by atoms with van der Waals surface area (Å²) in [7, 11) is 0. The molecule has 0 aliphatic heterocycles. The average molecular weight is 444 g/mol. The Kier molecular flexibility index (Phi) is 5.76. The quantitative estimate of drug-likeness (QED) is 0.485. The largest absolute Gasteiger partial charge is 0.416 e. The Bertz CT molecular complexity index is 1190. The number of carbonyl (C=O) groups excluding carboxylic acids is 1. The Morgan fingerprint density at radius 1 is 1.10 bits per heavy atom. The molecule has 158 valence electrons. The predicted molar refractivity (Wildman–Crippen MR) is 108 cm³/mol. The van der Waals surface area contributed by atoms with Crippen molar-refractivity contribution in [1.82, 2.24) is 25.2 Å². The van der Waals surface area contributed by atoms with Crippen LogP contribution in [0.5, 0.6) is 0 Å². The highest BCUT2D eigenvalue weighted by molar-refractivity contribution is 7.09. The van der Waals surface area contributed by atoms with Crippen LogP contribution in [-0.4, -0.2) is 31.1 Å². The second kappa shape index (κ2) is 8.64. The number of para-hydroxylation sites is 1. The molecule has 11 heteroatoms. The summed E-state index contributed by atoms with van der Waals surface area (Å²) in [5, 5.41) is 17.1. The van der Waals surface area contributed by atoms with E-state index in [1.165, 1.54) is 28.3 Å². The number of anilines is 1. The molecule has 4 aromatic rings. The Labute approximate surface area is 178 Å². The lowest BCUT2D eigenvalue weighted by Gasteiger charge is -2.06. The van der Waals surface area contributed by atoms with E-state index in [9.17, 15) is 18.0 Å². The summed E-state index contributed by atoms with van der Waals surface area (Å²) in [5.41, 5.74) is 0.774. The highest BCUT2D eigenvalue weighted by atomic mass is 32.1. The number of hydrogen-bond acceptors (Lipinski definition) is 6. The third kappa shape index (κ3) is 5.31. The van der Waals surface area contributed by atoms with Crippen LogP contribution in [-0.2, 0) is 23.9 Å². The van der Waals surface area contributed by atoms with Crippen molar-refractivity contribution in [2.75, 3.05) is 5.32 Å². The van der Waals surface area contributed by atoms with Crippen LogP contribution in [0.25, 0.3) is 11.4 Å². The fourth-order valence-corrected chi connectivity index (χ4v) is 3.56. The summed E-state index contributed by atoms with van der Waals surface area (Å²) in [4.78, 5) is 17.8. The van der Waals surface area contributed by atoms with Crippen LogP contribution < -0.4 is 5.32 Å². The van der Waals surface area contributed by atoms with E-state index in [0.29, 0.717) is 16.4 Å². The maximum atomic E-state index is 12.9. The number of tetrazole rings is 1. The van der Waals surface area contributed by atoms with E-state index in [0.717, 1.165) is 12.1 Å². The van der Waals surface area contributed by atoms with Crippen molar-refractivity contribution in [3.8, 4) is 11.4 Å². The van der Waals surface area contributed by atoms with Gasteiger partial charge in [0.25, 0.3) is 0 Å². The molecule has 1 amide bonds. The van der Waals surface area contributed by atoms with Gasteiger partial charge in [0.15, 0.2) is 0 Å². The second-order valence-corrected chi connectivity index (χ2v) is 7.49. The zero-order valence-corrected chi connectivity index (χ0v) is 16.7. The van der Waals surface area contributed by atoms with E-state index >= 15 is 0 Å². The average Bonchev–Trinajstić information content (AvgIpc) is 3.38. The van der Waals surface area contributed by atoms with Gasteiger partial charge in [-0.05, 0) is 29.5 Å². The van der Waals surface area contributed by atoms with E-state index in [-0.39, 0.29) is 30.3 Å². The van der Waals surface area contributed by atoms with Gasteiger partial charge in [-0.1, -0.05) is 30.3 Å². The first-order valence-electron chi connectivity index (χ1n) is 9.10. The summed E-state index contributed by atoms with van der Waals surface area (Å²) in [5.74, 6) is -0.0957. The summed E-state index contributed by atoms with van der Waals surface area (Å²) in [6, 6.07) is 13.9. The molecule has 0 aliphatic carbocycles. The van der Waals surface area contributed by atoms with Gasteiger partial charge in [-0.3, -0.25) is 4.79 Å². The van der Waals surface area contributed by atoms with Crippen molar-refractivity contribution in [3.05, 3.63) is 76.2 Å². The number of carbonyl (C=O) groups is 1. The summed E-state index contributed by atoms with van der Waals surface area (Å²) in [6.07, 6.45) is -4.32. The Morgan fingerprint density at radius 3 is 2.68 bits per heavy atom. The molecule has 0 spiro atoms. The number of nitrogens with one attached hydrogen (secondary N) is 1. The number of rotatable bonds is 6. The fourth-order valence-electron chi connectivity index (χ4n) is 2.77. The van der Waals surface area contributed by atoms with E-state index < -0.39 is 11.7 Å². The van der Waals surface area contributed by atoms with Gasteiger partial charge in [0, 0.05) is 16.6 Å². The molecular weight excluding hydrogens is 429 g/mol. The Morgan fingerprint density at radius 2 is 1.90 bits per heavy atom. The van der Waals surface area contributed by atoms with Gasteiger partial charge in [0.2, 0.25) is 11.7 Å². The van der Waals surface area contributed by atoms with Gasteiger partial charge >= 0.3 is 6.18 Å². The zero-order chi connectivity index (χ0) is 21.8. The molecular formula is C20H15F3N6OS. The number of aromatic nitrogens is 5. The van der Waals surface area contributed by atoms with Gasteiger partial charge < -0.3 is 5.32 Å². The summed E-state index contributed by atoms with van der Waals surface area (Å²) < 4.78 is 38.7. The fraction of sp³-hybridized carbons (Fsp3) is 0.150. The van der Waals surface area contributed by atoms with Crippen LogP contribution >= 0.6 is 11.3 Å². The molecule has 7 nitrogen and oxygen atoms in total. The Hall–Kier alpha value is -3.60. The summed E-state index contributed by atoms with van der Waals surface area (Å²) >= 11 is 1.33. The lowest BCUT2D eigenvalue weighted by Crippen LogP contribution is -2.14. The van der Waals surface area contributed by atoms with E-state index in [4.69, 9.17) is 0 Å². The molecule has 1 N–H and O–H groups in total. The molecule has 0 saturated heterocycles. The number of benzene rings is 2. The normalized spacial score (nSPS) is 11.5. The lowest BCUT2D eigenvalue weighted by molar-refractivity contribution is -0.137. The monoisotopic (exact) mass is 444 g/mol. The number of thiazole rings is 1. The first-order chi connectivity index (χ1) is 14.9. The molecule has 0 fully saturated rings. The smallest absolute Gasteiger partial charge is 0.326 e. The highest BCUT2D eigenvalue weighted by Gasteiger charge is 2.30. The minimum absolute atomic E-state index is 0.0868. The van der Waals surface area contributed by atoms with Gasteiger partial charge in [-0.25, -0.2) is 4.98 Å². The molecule has 0 radical (unpaired) electrons. The van der Waals surface area contributed by atoms with E-state index in [1.807, 2.05) is 18.2 Å². The van der Waals surface area contributed by atoms with Crippen molar-refractivity contribution >= 4 is 22.9 Å². The third-order valence-corrected chi connectivity index (χ3v) is 5.07. The lowest BCUT2D eigenvalue weighted by atomic mass is 10.1. The number of halogens is 3. The SMILES string of the molecule is O=C(Cc1nc(Cn2nnc(-c3cccc(C(F)(F)F)c3)n2)cs1)Nc1ccccc1. The summed E-state index contributed by atoms with van der Waals surface area (Å²) in [6.45, 7) is 0.183. The van der Waals surface area contributed by atoms with Crippen molar-refractivity contribution in [1.29, 1.82) is 0 Å². The van der Waals surface area contributed by atoms with Crippen LogP contribution in [0.15, 0.2) is 60.0 Å². The Balaban J connectivity index is 1.39. The number of amides is 1. The molecule has 0 aliphatic rings. The topological polar surface area (TPSA) is 85.6 Å². The molecule has 4 rings (SSSR count). The molecule has 2 aromatic heterocycles. The minimum atomic E-state index is -4.45. The van der Waals surface area contributed by atoms with Gasteiger partial charge in [-0.2, -0.15) is 18.0 Å². The van der Waals surface area contributed by atoms with Crippen molar-refractivity contribution in [3.63, 3.8) is 0 Å². The maximum absolute atomic E-state index is 12.9. The van der Waals surface area contributed by atoms with Crippen molar-refractivity contribution in [2.24, 2.45) is 0 Å². The number of hydrogen-bond donors (Lipinski definition) is 1. The minimum Gasteiger partial charge on any atom is -0.326 e. The first-order valence-corrected chi connectivity index (χ1v) is 9.98. The van der Waals surface area contributed by atoms with Crippen LogP contribution in [0, 0.1) is 0 Å². The van der Waals surface area contributed by atoms with Crippen LogP contribution in [0.2, 0.25) is 0 Å². The molecule has 2 aromatic carbocycles. The van der Waals surface area contributed by atoms with Crippen LogP contribution in [0.1, 0.15) is 16.3 Å². The van der Waals surface area contributed by atoms with Gasteiger partial charge in [-0.15, -0.1) is 21.5 Å². The van der Waals surface area contributed by atoms with Gasteiger partial charge in [0.1, 0.15) is 11.6 Å². The second-order valence-electron chi connectivity index (χ2n) is 6.55. The number of alkyl halides is 3. The third-order valence-electron chi connectivity index (χ3n) is 4.17.